The fourth-order valence-corrected chi connectivity index (χ4v) is 5.14. The number of benzene rings is 1. The van der Waals surface area contributed by atoms with Gasteiger partial charge in [-0.1, -0.05) is 30.3 Å². The van der Waals surface area contributed by atoms with E-state index in [0.717, 1.165) is 5.56 Å². The monoisotopic (exact) mass is 666 g/mol. The minimum atomic E-state index is -1.56. The maximum atomic E-state index is 10.8. The number of carboxylic acid groups (broad SMARTS) is 1. The Bertz CT molecular complexity index is 1060. The summed E-state index contributed by atoms with van der Waals surface area (Å²) in [6.07, 6.45) is -16.4. The van der Waals surface area contributed by atoms with Gasteiger partial charge in [0.25, 0.3) is 0 Å². The Hall–Kier alpha value is -1.99. The molecule has 0 aliphatic carbocycles. The van der Waals surface area contributed by atoms with Gasteiger partial charge in [0.2, 0.25) is 0 Å². The van der Waals surface area contributed by atoms with Crippen molar-refractivity contribution in [3.05, 3.63) is 35.9 Å². The zero-order valence-corrected chi connectivity index (χ0v) is 24.7. The molecule has 3 heterocycles. The molecule has 3 fully saturated rings. The topological polar surface area (TPSA) is 349 Å². The molecule has 0 saturated carbocycles. The van der Waals surface area contributed by atoms with Crippen molar-refractivity contribution in [2.45, 2.75) is 104 Å². The van der Waals surface area contributed by atoms with Gasteiger partial charge in [-0.15, -0.1) is 0 Å². The molecule has 264 valence electrons. The predicted octanol–water partition coefficient (Wildman–Crippen LogP) is -7.03. The molecular formula is C27H46N4O15. The van der Waals surface area contributed by atoms with Crippen LogP contribution in [0, 0.1) is 0 Å². The van der Waals surface area contributed by atoms with Crippen LogP contribution in [0.3, 0.4) is 0 Å². The number of nitrogens with two attached hydrogens (primary N) is 4. The molecule has 1 aromatic rings. The van der Waals surface area contributed by atoms with Gasteiger partial charge in [0.05, 0.1) is 37.9 Å². The molecule has 46 heavy (non-hydrogen) atoms. The lowest BCUT2D eigenvalue weighted by atomic mass is 9.94. The molecule has 7 unspecified atom stereocenters. The molecule has 3 saturated heterocycles. The van der Waals surface area contributed by atoms with Crippen molar-refractivity contribution in [2.75, 3.05) is 19.8 Å². The highest BCUT2D eigenvalue weighted by atomic mass is 16.7. The summed E-state index contributed by atoms with van der Waals surface area (Å²) < 4.78 is 27.4. The third kappa shape index (κ3) is 9.12. The van der Waals surface area contributed by atoms with E-state index in [4.69, 9.17) is 51.7 Å². The molecule has 16 atom stereocenters. The van der Waals surface area contributed by atoms with Crippen LogP contribution in [0.5, 0.6) is 0 Å². The van der Waals surface area contributed by atoms with Gasteiger partial charge in [-0.2, -0.15) is 0 Å². The highest BCUT2D eigenvalue weighted by molar-refractivity contribution is 5.73. The maximum Gasteiger partial charge on any atom is 0.320 e. The Balaban J connectivity index is 0.000000402. The van der Waals surface area contributed by atoms with Gasteiger partial charge in [0.15, 0.2) is 18.9 Å². The molecule has 0 amide bonds. The summed E-state index contributed by atoms with van der Waals surface area (Å²) in [6.45, 7) is -2.00. The summed E-state index contributed by atoms with van der Waals surface area (Å²) in [5.41, 5.74) is 23.9. The molecule has 19 nitrogen and oxygen atoms in total. The standard InChI is InChI=1S/C18H35N3O13.C9H11NO2/c19-7-12(27)14(5(2-23)30-16(7)29)33-18-9(21)13(28)15(6(3-24)32-18)34-17-8(20)11(26)10(25)4(1-22)31-17;10-8(9(11)12)6-7-4-2-1-3-5-7/h4-18,22-29H,1-3,19-21H2;1-5,8H,6,10H2,(H,11,12)/t4-,5-,6-,7?,8-,9?,10-,11-,12?,13-,14?,15?,16?,17+,18+;/m1./s1. The number of aliphatic carboxylic acids is 1. The van der Waals surface area contributed by atoms with Gasteiger partial charge in [-0.3, -0.25) is 4.79 Å². The SMILES string of the molecule is NC(Cc1ccccc1)C(=O)O.NC1C(O)O[C@H](CO)C(O[C@@H]2O[C@H](CO)C(O[C@@H]3O[C@H](CO)[C@@H](O)[C@H](O)[C@H]3N)[C@H](O)C2N)C1O. The first-order valence-electron chi connectivity index (χ1n) is 14.5. The second-order valence-corrected chi connectivity index (χ2v) is 11.2. The molecule has 0 radical (unpaired) electrons. The van der Waals surface area contributed by atoms with Gasteiger partial charge < -0.3 is 92.6 Å². The summed E-state index contributed by atoms with van der Waals surface area (Å²) in [5.74, 6) is -0.959. The Kier molecular flexibility index (Phi) is 14.6. The molecule has 3 aliphatic rings. The molecule has 17 N–H and O–H groups in total. The number of aliphatic hydroxyl groups is 8. The molecule has 0 spiro atoms. The lowest BCUT2D eigenvalue weighted by molar-refractivity contribution is -0.348. The third-order valence-electron chi connectivity index (χ3n) is 7.95. The molecular weight excluding hydrogens is 620 g/mol. The average molecular weight is 667 g/mol. The fraction of sp³-hybridized carbons (Fsp3) is 0.741. The van der Waals surface area contributed by atoms with E-state index in [2.05, 4.69) is 0 Å². The van der Waals surface area contributed by atoms with E-state index in [1.807, 2.05) is 30.3 Å². The lowest BCUT2D eigenvalue weighted by Crippen LogP contribution is -2.69. The van der Waals surface area contributed by atoms with Crippen molar-refractivity contribution >= 4 is 5.97 Å². The first kappa shape index (κ1) is 38.5. The second-order valence-electron chi connectivity index (χ2n) is 11.2. The average Bonchev–Trinajstić information content (AvgIpc) is 3.05. The summed E-state index contributed by atoms with van der Waals surface area (Å²) in [5, 5.41) is 88.2. The maximum absolute atomic E-state index is 10.8. The van der Waals surface area contributed by atoms with Crippen LogP contribution < -0.4 is 22.9 Å². The quantitative estimate of drug-likeness (QED) is 0.110. The minimum Gasteiger partial charge on any atom is -0.480 e. The first-order valence-corrected chi connectivity index (χ1v) is 14.5. The second kappa shape index (κ2) is 17.4. The van der Waals surface area contributed by atoms with Crippen LogP contribution >= 0.6 is 0 Å². The molecule has 4 rings (SSSR count). The van der Waals surface area contributed by atoms with Gasteiger partial charge in [0, 0.05) is 0 Å². The highest BCUT2D eigenvalue weighted by Gasteiger charge is 2.52. The fourth-order valence-electron chi connectivity index (χ4n) is 5.14. The molecule has 1 aromatic carbocycles. The molecule has 0 aromatic heterocycles. The molecule has 19 heteroatoms. The Morgan fingerprint density at radius 3 is 1.65 bits per heavy atom. The van der Waals surface area contributed by atoms with Gasteiger partial charge in [-0.25, -0.2) is 0 Å². The van der Waals surface area contributed by atoms with E-state index in [-0.39, 0.29) is 0 Å². The lowest BCUT2D eigenvalue weighted by Gasteiger charge is -2.48. The van der Waals surface area contributed by atoms with E-state index in [1.165, 1.54) is 0 Å². The normalized spacial score (nSPS) is 42.0. The van der Waals surface area contributed by atoms with Crippen molar-refractivity contribution in [1.29, 1.82) is 0 Å². The number of carboxylic acids is 1. The number of ether oxygens (including phenoxy) is 5. The number of aliphatic hydroxyl groups excluding tert-OH is 8. The number of rotatable bonds is 10. The van der Waals surface area contributed by atoms with E-state index in [1.54, 1.807) is 0 Å². The van der Waals surface area contributed by atoms with E-state index in [9.17, 15) is 45.6 Å². The van der Waals surface area contributed by atoms with Crippen molar-refractivity contribution in [2.24, 2.45) is 22.9 Å². The summed E-state index contributed by atoms with van der Waals surface area (Å²) in [4.78, 5) is 10.4. The van der Waals surface area contributed by atoms with Crippen molar-refractivity contribution in [3.8, 4) is 0 Å². The number of hydrogen-bond donors (Lipinski definition) is 13. The predicted molar refractivity (Wildman–Crippen MR) is 153 cm³/mol. The summed E-state index contributed by atoms with van der Waals surface area (Å²) in [7, 11) is 0. The smallest absolute Gasteiger partial charge is 0.320 e. The van der Waals surface area contributed by atoms with Crippen LogP contribution in [0.2, 0.25) is 0 Å². The summed E-state index contributed by atoms with van der Waals surface area (Å²) in [6, 6.07) is 4.67. The van der Waals surface area contributed by atoms with Crippen LogP contribution in [-0.2, 0) is 34.9 Å². The van der Waals surface area contributed by atoms with Crippen LogP contribution in [-0.4, -0.2) is 170 Å². The van der Waals surface area contributed by atoms with Gasteiger partial charge in [0.1, 0.15) is 61.0 Å². The largest absolute Gasteiger partial charge is 0.480 e. The van der Waals surface area contributed by atoms with Crippen molar-refractivity contribution < 1.29 is 74.4 Å². The van der Waals surface area contributed by atoms with E-state index in [0.29, 0.717) is 6.42 Å². The van der Waals surface area contributed by atoms with Crippen LogP contribution in [0.1, 0.15) is 5.56 Å². The highest BCUT2D eigenvalue weighted by Crippen LogP contribution is 2.31. The number of hydrogen-bond acceptors (Lipinski definition) is 18. The third-order valence-corrected chi connectivity index (χ3v) is 7.95. The van der Waals surface area contributed by atoms with Crippen molar-refractivity contribution in [3.63, 3.8) is 0 Å². The van der Waals surface area contributed by atoms with Gasteiger partial charge in [-0.05, 0) is 12.0 Å². The summed E-state index contributed by atoms with van der Waals surface area (Å²) >= 11 is 0. The van der Waals surface area contributed by atoms with Crippen LogP contribution in [0.25, 0.3) is 0 Å². The molecule has 3 aliphatic heterocycles. The van der Waals surface area contributed by atoms with Crippen molar-refractivity contribution in [1.82, 2.24) is 0 Å². The Morgan fingerprint density at radius 2 is 1.15 bits per heavy atom. The zero-order valence-electron chi connectivity index (χ0n) is 24.7. The van der Waals surface area contributed by atoms with E-state index < -0.39 is 124 Å². The Morgan fingerprint density at radius 1 is 0.696 bits per heavy atom. The minimum absolute atomic E-state index is 0.385. The van der Waals surface area contributed by atoms with Crippen LogP contribution in [0.15, 0.2) is 30.3 Å². The first-order chi connectivity index (χ1) is 21.7. The van der Waals surface area contributed by atoms with Crippen LogP contribution in [0.4, 0.5) is 0 Å². The Labute approximate surface area is 263 Å². The van der Waals surface area contributed by atoms with E-state index >= 15 is 0 Å². The zero-order chi connectivity index (χ0) is 34.3. The number of carbonyl (C=O) groups is 1. The van der Waals surface area contributed by atoms with Gasteiger partial charge >= 0.3 is 5.97 Å². The molecule has 0 bridgehead atoms.